The molecule has 0 fully saturated rings. The topological polar surface area (TPSA) is 55.4 Å². The molecule has 0 radical (unpaired) electrons. The molecule has 1 aromatic heterocycles. The van der Waals surface area contributed by atoms with E-state index in [1.807, 2.05) is 35.0 Å². The number of nitrogens with one attached hydrogen (secondary N) is 1. The van der Waals surface area contributed by atoms with Crippen LogP contribution in [0.3, 0.4) is 0 Å². The first-order valence-electron chi connectivity index (χ1n) is 7.49. The van der Waals surface area contributed by atoms with Crippen LogP contribution in [0.25, 0.3) is 6.08 Å². The van der Waals surface area contributed by atoms with Gasteiger partial charge in [0.2, 0.25) is 0 Å². The van der Waals surface area contributed by atoms with E-state index in [-0.39, 0.29) is 12.5 Å². The van der Waals surface area contributed by atoms with Crippen molar-refractivity contribution in [3.8, 4) is 0 Å². The van der Waals surface area contributed by atoms with Crippen molar-refractivity contribution in [2.24, 2.45) is 0 Å². The van der Waals surface area contributed by atoms with E-state index in [9.17, 15) is 9.59 Å². The summed E-state index contributed by atoms with van der Waals surface area (Å²) in [5.41, 5.74) is 2.21. The van der Waals surface area contributed by atoms with Crippen LogP contribution < -0.4 is 5.32 Å². The average molecular weight is 361 g/mol. The summed E-state index contributed by atoms with van der Waals surface area (Å²) in [4.78, 5) is 23.1. The van der Waals surface area contributed by atoms with Gasteiger partial charge in [0.15, 0.2) is 6.61 Å². The summed E-state index contributed by atoms with van der Waals surface area (Å²) < 4.78 is 4.89. The predicted octanol–water partition coefficient (Wildman–Crippen LogP) is 3.35. The van der Waals surface area contributed by atoms with Gasteiger partial charge >= 0.3 is 5.97 Å². The molecular weight excluding hydrogens is 342 g/mol. The maximum atomic E-state index is 11.6. The van der Waals surface area contributed by atoms with Crippen LogP contribution in [0.1, 0.15) is 11.1 Å². The molecule has 0 saturated carbocycles. The number of thiophene rings is 1. The number of thioether (sulfide) groups is 1. The Labute approximate surface area is 149 Å². The zero-order chi connectivity index (χ0) is 17.0. The van der Waals surface area contributed by atoms with Crippen molar-refractivity contribution in [1.29, 1.82) is 0 Å². The smallest absolute Gasteiger partial charge is 0.331 e. The van der Waals surface area contributed by atoms with E-state index in [1.165, 1.54) is 11.6 Å². The highest BCUT2D eigenvalue weighted by molar-refractivity contribution is 7.98. The molecule has 1 amide bonds. The summed E-state index contributed by atoms with van der Waals surface area (Å²) in [7, 11) is 0. The van der Waals surface area contributed by atoms with Gasteiger partial charge in [-0.1, -0.05) is 30.3 Å². The van der Waals surface area contributed by atoms with Gasteiger partial charge in [0.1, 0.15) is 0 Å². The van der Waals surface area contributed by atoms with Crippen molar-refractivity contribution in [1.82, 2.24) is 5.32 Å². The molecule has 0 unspecified atom stereocenters. The minimum atomic E-state index is -0.519. The number of benzene rings is 1. The van der Waals surface area contributed by atoms with Crippen molar-refractivity contribution >= 4 is 41.1 Å². The van der Waals surface area contributed by atoms with Gasteiger partial charge in [-0.3, -0.25) is 4.79 Å². The molecule has 1 aromatic carbocycles. The van der Waals surface area contributed by atoms with Gasteiger partial charge in [0.05, 0.1) is 0 Å². The van der Waals surface area contributed by atoms with Gasteiger partial charge in [-0.2, -0.15) is 23.1 Å². The molecule has 126 valence electrons. The minimum Gasteiger partial charge on any atom is -0.452 e. The molecule has 2 rings (SSSR count). The number of carbonyl (C=O) groups is 2. The first-order valence-corrected chi connectivity index (χ1v) is 9.59. The van der Waals surface area contributed by atoms with Gasteiger partial charge in [-0.25, -0.2) is 4.79 Å². The first-order chi connectivity index (χ1) is 11.7. The van der Waals surface area contributed by atoms with Crippen LogP contribution >= 0.6 is 23.1 Å². The Hall–Kier alpha value is -2.05. The third kappa shape index (κ3) is 7.48. The van der Waals surface area contributed by atoms with Crippen LogP contribution in [0.2, 0.25) is 0 Å². The molecule has 0 saturated heterocycles. The molecule has 1 N–H and O–H groups in total. The van der Waals surface area contributed by atoms with E-state index in [0.29, 0.717) is 6.54 Å². The fraction of sp³-hybridized carbons (Fsp3) is 0.222. The Kier molecular flexibility index (Phi) is 8.13. The van der Waals surface area contributed by atoms with E-state index >= 15 is 0 Å². The summed E-state index contributed by atoms with van der Waals surface area (Å²) >= 11 is 3.30. The standard InChI is InChI=1S/C18H19NO3S2/c20-17(12-22-18(21)7-6-16-8-10-23-14-16)19-9-11-24-13-15-4-2-1-3-5-15/h1-8,10,14H,9,11-13H2,(H,19,20)/b7-6+. The van der Waals surface area contributed by atoms with E-state index in [0.717, 1.165) is 17.1 Å². The first kappa shape index (κ1) is 18.3. The minimum absolute atomic E-state index is 0.254. The van der Waals surface area contributed by atoms with E-state index in [2.05, 4.69) is 17.4 Å². The highest BCUT2D eigenvalue weighted by Crippen LogP contribution is 2.10. The van der Waals surface area contributed by atoms with Gasteiger partial charge in [0.25, 0.3) is 5.91 Å². The second-order valence-electron chi connectivity index (χ2n) is 4.89. The van der Waals surface area contributed by atoms with Gasteiger partial charge in [-0.15, -0.1) is 0 Å². The number of hydrogen-bond donors (Lipinski definition) is 1. The van der Waals surface area contributed by atoms with Crippen LogP contribution in [-0.2, 0) is 20.1 Å². The SMILES string of the molecule is O=C(COC(=O)/C=C/c1ccsc1)NCCSCc1ccccc1. The van der Waals surface area contributed by atoms with E-state index in [1.54, 1.807) is 29.2 Å². The highest BCUT2D eigenvalue weighted by Gasteiger charge is 2.04. The molecule has 0 aliphatic carbocycles. The molecule has 4 nitrogen and oxygen atoms in total. The molecule has 0 aliphatic rings. The van der Waals surface area contributed by atoms with Crippen molar-refractivity contribution in [3.05, 3.63) is 64.4 Å². The maximum absolute atomic E-state index is 11.6. The maximum Gasteiger partial charge on any atom is 0.331 e. The molecule has 1 heterocycles. The number of ether oxygens (including phenoxy) is 1. The van der Waals surface area contributed by atoms with Gasteiger partial charge < -0.3 is 10.1 Å². The van der Waals surface area contributed by atoms with Crippen LogP contribution in [0.15, 0.2) is 53.2 Å². The Morgan fingerprint density at radius 2 is 2.04 bits per heavy atom. The summed E-state index contributed by atoms with van der Waals surface area (Å²) in [6.07, 6.45) is 2.99. The third-order valence-corrected chi connectivity index (χ3v) is 4.71. The molecule has 2 aromatic rings. The molecule has 0 atom stereocenters. The molecule has 24 heavy (non-hydrogen) atoms. The number of carbonyl (C=O) groups excluding carboxylic acids is 2. The molecular formula is C18H19NO3S2. The fourth-order valence-electron chi connectivity index (χ4n) is 1.80. The normalized spacial score (nSPS) is 10.7. The zero-order valence-corrected chi connectivity index (χ0v) is 14.8. The molecule has 0 aliphatic heterocycles. The van der Waals surface area contributed by atoms with Crippen molar-refractivity contribution < 1.29 is 14.3 Å². The van der Waals surface area contributed by atoms with Gasteiger partial charge in [0, 0.05) is 24.1 Å². The summed E-state index contributed by atoms with van der Waals surface area (Å²) in [6, 6.07) is 12.1. The third-order valence-electron chi connectivity index (χ3n) is 2.98. The summed E-state index contributed by atoms with van der Waals surface area (Å²) in [6.45, 7) is 0.300. The predicted molar refractivity (Wildman–Crippen MR) is 99.9 cm³/mol. The van der Waals surface area contributed by atoms with Crippen molar-refractivity contribution in [2.75, 3.05) is 18.9 Å². The fourth-order valence-corrected chi connectivity index (χ4v) is 3.24. The number of rotatable bonds is 9. The zero-order valence-electron chi connectivity index (χ0n) is 13.1. The second kappa shape index (κ2) is 10.7. The lowest BCUT2D eigenvalue weighted by Gasteiger charge is -2.05. The number of esters is 1. The Balaban J connectivity index is 1.52. The monoisotopic (exact) mass is 361 g/mol. The molecule has 0 spiro atoms. The van der Waals surface area contributed by atoms with Crippen LogP contribution in [0.5, 0.6) is 0 Å². The average Bonchev–Trinajstić information content (AvgIpc) is 3.12. The summed E-state index contributed by atoms with van der Waals surface area (Å²) in [5.74, 6) is 0.925. The Bertz CT molecular complexity index is 654. The summed E-state index contributed by atoms with van der Waals surface area (Å²) in [5, 5.41) is 6.58. The second-order valence-corrected chi connectivity index (χ2v) is 6.77. The lowest BCUT2D eigenvalue weighted by Crippen LogP contribution is -2.30. The lowest BCUT2D eigenvalue weighted by atomic mass is 10.2. The van der Waals surface area contributed by atoms with Crippen molar-refractivity contribution in [3.63, 3.8) is 0 Å². The van der Waals surface area contributed by atoms with E-state index in [4.69, 9.17) is 4.74 Å². The molecule has 0 bridgehead atoms. The largest absolute Gasteiger partial charge is 0.452 e. The van der Waals surface area contributed by atoms with Crippen LogP contribution in [0, 0.1) is 0 Å². The highest BCUT2D eigenvalue weighted by atomic mass is 32.2. The number of amides is 1. The van der Waals surface area contributed by atoms with Crippen molar-refractivity contribution in [2.45, 2.75) is 5.75 Å². The number of hydrogen-bond acceptors (Lipinski definition) is 5. The quantitative estimate of drug-likeness (QED) is 0.423. The van der Waals surface area contributed by atoms with Gasteiger partial charge in [-0.05, 0) is 34.0 Å². The van der Waals surface area contributed by atoms with Crippen LogP contribution in [-0.4, -0.2) is 30.8 Å². The van der Waals surface area contributed by atoms with E-state index < -0.39 is 5.97 Å². The lowest BCUT2D eigenvalue weighted by molar-refractivity contribution is -0.143. The Morgan fingerprint density at radius 3 is 2.79 bits per heavy atom. The molecule has 6 heteroatoms. The van der Waals surface area contributed by atoms with Crippen LogP contribution in [0.4, 0.5) is 0 Å². The Morgan fingerprint density at radius 1 is 1.21 bits per heavy atom.